The van der Waals surface area contributed by atoms with Crippen molar-refractivity contribution in [3.63, 3.8) is 0 Å². The van der Waals surface area contributed by atoms with Gasteiger partial charge in [-0.15, -0.1) is 0 Å². The number of aromatic nitrogens is 1. The molecule has 2 rings (SSSR count). The highest BCUT2D eigenvalue weighted by atomic mass is 79.9. The summed E-state index contributed by atoms with van der Waals surface area (Å²) >= 11 is 3.53. The van der Waals surface area contributed by atoms with Crippen molar-refractivity contribution < 1.29 is 0 Å². The summed E-state index contributed by atoms with van der Waals surface area (Å²) in [6.07, 6.45) is 6.57. The maximum Gasteiger partial charge on any atom is 0.0313 e. The van der Waals surface area contributed by atoms with Gasteiger partial charge in [-0.1, -0.05) is 22.0 Å². The zero-order chi connectivity index (χ0) is 11.4. The van der Waals surface area contributed by atoms with Crippen LogP contribution in [0.25, 0.3) is 0 Å². The normalized spacial score (nSPS) is 21.5. The molecule has 2 nitrogen and oxygen atoms in total. The van der Waals surface area contributed by atoms with Gasteiger partial charge >= 0.3 is 0 Å². The van der Waals surface area contributed by atoms with Crippen molar-refractivity contribution in [3.05, 3.63) is 29.6 Å². The van der Waals surface area contributed by atoms with Crippen molar-refractivity contribution in [1.82, 2.24) is 9.88 Å². The van der Waals surface area contributed by atoms with Gasteiger partial charge in [0, 0.05) is 30.8 Å². The van der Waals surface area contributed by atoms with Crippen molar-refractivity contribution >= 4 is 15.9 Å². The van der Waals surface area contributed by atoms with E-state index in [2.05, 4.69) is 38.8 Å². The number of likely N-dealkylation sites (tertiary alicyclic amines) is 1. The van der Waals surface area contributed by atoms with Crippen molar-refractivity contribution in [2.75, 3.05) is 18.4 Å². The Morgan fingerprint density at radius 3 is 3.12 bits per heavy atom. The van der Waals surface area contributed by atoms with E-state index >= 15 is 0 Å². The van der Waals surface area contributed by atoms with Gasteiger partial charge in [0.15, 0.2) is 0 Å². The average Bonchev–Trinajstić information content (AvgIpc) is 2.66. The maximum absolute atomic E-state index is 4.25. The second kappa shape index (κ2) is 5.78. The molecule has 0 aromatic carbocycles. The fourth-order valence-corrected chi connectivity index (χ4v) is 3.06. The Labute approximate surface area is 106 Å². The van der Waals surface area contributed by atoms with Gasteiger partial charge in [-0.05, 0) is 43.4 Å². The summed E-state index contributed by atoms with van der Waals surface area (Å²) in [6.45, 7) is 5.66. The molecule has 88 valence electrons. The van der Waals surface area contributed by atoms with Crippen molar-refractivity contribution in [1.29, 1.82) is 0 Å². The predicted molar refractivity (Wildman–Crippen MR) is 70.8 cm³/mol. The van der Waals surface area contributed by atoms with Crippen molar-refractivity contribution in [3.8, 4) is 0 Å². The highest BCUT2D eigenvalue weighted by Crippen LogP contribution is 2.21. The molecule has 3 heteroatoms. The molecule has 0 bridgehead atoms. The Balaban J connectivity index is 1.87. The predicted octanol–water partition coefficient (Wildman–Crippen LogP) is 3.00. The molecular weight excluding hydrogens is 264 g/mol. The summed E-state index contributed by atoms with van der Waals surface area (Å²) < 4.78 is 0. The molecule has 1 unspecified atom stereocenters. The SMILES string of the molecule is Cc1cncc(CN2CCC(CCBr)C2)c1. The van der Waals surface area contributed by atoms with Gasteiger partial charge in [0.25, 0.3) is 0 Å². The number of pyridine rings is 1. The largest absolute Gasteiger partial charge is 0.299 e. The monoisotopic (exact) mass is 282 g/mol. The quantitative estimate of drug-likeness (QED) is 0.790. The average molecular weight is 283 g/mol. The molecule has 1 aromatic heterocycles. The van der Waals surface area contributed by atoms with Crippen molar-refractivity contribution in [2.24, 2.45) is 5.92 Å². The number of hydrogen-bond donors (Lipinski definition) is 0. The Morgan fingerprint density at radius 1 is 1.50 bits per heavy atom. The van der Waals surface area contributed by atoms with E-state index in [1.165, 1.54) is 37.1 Å². The summed E-state index contributed by atoms with van der Waals surface area (Å²) in [5, 5.41) is 1.14. The van der Waals surface area contributed by atoms with E-state index in [1.807, 2.05) is 12.4 Å². The highest BCUT2D eigenvalue weighted by Gasteiger charge is 2.21. The zero-order valence-corrected chi connectivity index (χ0v) is 11.4. The molecule has 1 saturated heterocycles. The number of alkyl halides is 1. The van der Waals surface area contributed by atoms with Gasteiger partial charge in [0.2, 0.25) is 0 Å². The summed E-state index contributed by atoms with van der Waals surface area (Å²) in [5.74, 6) is 0.886. The van der Waals surface area contributed by atoms with Gasteiger partial charge in [-0.2, -0.15) is 0 Å². The molecule has 1 fully saturated rings. The molecule has 1 aliphatic rings. The number of rotatable bonds is 4. The fourth-order valence-electron chi connectivity index (χ4n) is 2.41. The van der Waals surface area contributed by atoms with E-state index in [9.17, 15) is 0 Å². The zero-order valence-electron chi connectivity index (χ0n) is 9.82. The van der Waals surface area contributed by atoms with Crippen LogP contribution in [0, 0.1) is 12.8 Å². The minimum Gasteiger partial charge on any atom is -0.299 e. The van der Waals surface area contributed by atoms with Crippen LogP contribution in [0.5, 0.6) is 0 Å². The van der Waals surface area contributed by atoms with Gasteiger partial charge in [-0.3, -0.25) is 9.88 Å². The lowest BCUT2D eigenvalue weighted by Gasteiger charge is -2.15. The lowest BCUT2D eigenvalue weighted by molar-refractivity contribution is 0.315. The maximum atomic E-state index is 4.25. The molecule has 0 radical (unpaired) electrons. The molecule has 0 amide bonds. The molecule has 0 aliphatic carbocycles. The van der Waals surface area contributed by atoms with Gasteiger partial charge < -0.3 is 0 Å². The topological polar surface area (TPSA) is 16.1 Å². The van der Waals surface area contributed by atoms with Crippen LogP contribution in [0.4, 0.5) is 0 Å². The number of hydrogen-bond acceptors (Lipinski definition) is 2. The van der Waals surface area contributed by atoms with Crippen LogP contribution in [0.2, 0.25) is 0 Å². The van der Waals surface area contributed by atoms with Gasteiger partial charge in [0.05, 0.1) is 0 Å². The molecule has 16 heavy (non-hydrogen) atoms. The number of aryl methyl sites for hydroxylation is 1. The van der Waals surface area contributed by atoms with Gasteiger partial charge in [0.1, 0.15) is 0 Å². The summed E-state index contributed by atoms with van der Waals surface area (Å²) in [4.78, 5) is 6.79. The molecule has 0 spiro atoms. The molecular formula is C13H19BrN2. The van der Waals surface area contributed by atoms with Crippen LogP contribution < -0.4 is 0 Å². The molecule has 0 saturated carbocycles. The number of nitrogens with zero attached hydrogens (tertiary/aromatic N) is 2. The van der Waals surface area contributed by atoms with Crippen LogP contribution >= 0.6 is 15.9 Å². The first-order valence-electron chi connectivity index (χ1n) is 5.97. The van der Waals surface area contributed by atoms with E-state index in [-0.39, 0.29) is 0 Å². The Morgan fingerprint density at radius 2 is 2.38 bits per heavy atom. The third kappa shape index (κ3) is 3.29. The third-order valence-electron chi connectivity index (χ3n) is 3.23. The molecule has 0 N–H and O–H groups in total. The summed E-state index contributed by atoms with van der Waals surface area (Å²) in [6, 6.07) is 2.24. The third-order valence-corrected chi connectivity index (χ3v) is 3.68. The Hall–Kier alpha value is -0.410. The first-order valence-corrected chi connectivity index (χ1v) is 7.09. The van der Waals surface area contributed by atoms with Crippen LogP contribution in [-0.4, -0.2) is 28.3 Å². The smallest absolute Gasteiger partial charge is 0.0313 e. The first kappa shape index (κ1) is 12.1. The van der Waals surface area contributed by atoms with Crippen molar-refractivity contribution in [2.45, 2.75) is 26.3 Å². The molecule has 1 aromatic rings. The fraction of sp³-hybridized carbons (Fsp3) is 0.615. The summed E-state index contributed by atoms with van der Waals surface area (Å²) in [5.41, 5.74) is 2.60. The lowest BCUT2D eigenvalue weighted by atomic mass is 10.1. The minimum absolute atomic E-state index is 0.886. The van der Waals surface area contributed by atoms with E-state index in [0.717, 1.165) is 17.8 Å². The van der Waals surface area contributed by atoms with E-state index in [1.54, 1.807) is 0 Å². The van der Waals surface area contributed by atoms with Crippen LogP contribution in [-0.2, 0) is 6.54 Å². The van der Waals surface area contributed by atoms with Crippen LogP contribution in [0.1, 0.15) is 24.0 Å². The van der Waals surface area contributed by atoms with E-state index in [4.69, 9.17) is 0 Å². The summed E-state index contributed by atoms with van der Waals surface area (Å²) in [7, 11) is 0. The second-order valence-electron chi connectivity index (χ2n) is 4.74. The Kier molecular flexibility index (Phi) is 4.36. The van der Waals surface area contributed by atoms with E-state index < -0.39 is 0 Å². The number of halogens is 1. The second-order valence-corrected chi connectivity index (χ2v) is 5.53. The van der Waals surface area contributed by atoms with Crippen LogP contribution in [0.3, 0.4) is 0 Å². The molecule has 1 aliphatic heterocycles. The molecule has 1 atom stereocenters. The Bertz CT molecular complexity index is 340. The standard InChI is InChI=1S/C13H19BrN2/c1-11-6-13(8-15-7-11)10-16-5-3-12(9-16)2-4-14/h6-8,12H,2-5,9-10H2,1H3. The first-order chi connectivity index (χ1) is 7.78. The molecule has 2 heterocycles. The van der Waals surface area contributed by atoms with Crippen LogP contribution in [0.15, 0.2) is 18.5 Å². The highest BCUT2D eigenvalue weighted by molar-refractivity contribution is 9.09. The minimum atomic E-state index is 0.886. The van der Waals surface area contributed by atoms with Gasteiger partial charge in [-0.25, -0.2) is 0 Å². The van der Waals surface area contributed by atoms with E-state index in [0.29, 0.717) is 0 Å². The lowest BCUT2D eigenvalue weighted by Crippen LogP contribution is -2.20.